The molecule has 0 amide bonds. The van der Waals surface area contributed by atoms with Gasteiger partial charge in [0.2, 0.25) is 5.72 Å². The van der Waals surface area contributed by atoms with Crippen LogP contribution in [0.2, 0.25) is 0 Å². The van der Waals surface area contributed by atoms with Crippen molar-refractivity contribution >= 4 is 5.84 Å². The normalized spacial score (nSPS) is 29.7. The van der Waals surface area contributed by atoms with E-state index in [0.29, 0.717) is 6.42 Å². The molecule has 2 aromatic rings. The maximum absolute atomic E-state index is 14.4. The highest BCUT2D eigenvalue weighted by Gasteiger charge is 2.53. The monoisotopic (exact) mass is 448 g/mol. The van der Waals surface area contributed by atoms with Crippen LogP contribution in [0.25, 0.3) is 0 Å². The Labute approximate surface area is 193 Å². The molecule has 3 unspecified atom stereocenters. The SMILES string of the molecule is COC1C=C(/C=C2\CCCN3C2=NOC32CCc3c(F)cccc32)CCC1n1cnc(C)c1. The van der Waals surface area contributed by atoms with Crippen molar-refractivity contribution in [1.82, 2.24) is 14.5 Å². The van der Waals surface area contributed by atoms with E-state index in [2.05, 4.69) is 38.0 Å². The number of methoxy groups -OCH3 is 1. The van der Waals surface area contributed by atoms with Crippen molar-refractivity contribution in [3.8, 4) is 0 Å². The van der Waals surface area contributed by atoms with Crippen LogP contribution in [0.1, 0.15) is 55.0 Å². The number of fused-ring (bicyclic) bond motifs is 4. The number of imidazole rings is 1. The fourth-order valence-electron chi connectivity index (χ4n) is 5.96. The van der Waals surface area contributed by atoms with Crippen LogP contribution in [0.15, 0.2) is 59.2 Å². The van der Waals surface area contributed by atoms with Crippen molar-refractivity contribution in [3.05, 3.63) is 76.7 Å². The van der Waals surface area contributed by atoms with E-state index in [4.69, 9.17) is 9.57 Å². The molecule has 1 aromatic heterocycles. The highest BCUT2D eigenvalue weighted by atomic mass is 19.1. The fourth-order valence-corrected chi connectivity index (χ4v) is 5.96. The third kappa shape index (κ3) is 3.24. The number of hydrogen-bond acceptors (Lipinski definition) is 5. The number of halogens is 1. The Morgan fingerprint density at radius 3 is 3.00 bits per heavy atom. The van der Waals surface area contributed by atoms with Gasteiger partial charge in [-0.15, -0.1) is 0 Å². The molecular formula is C26H29FN4O2. The summed E-state index contributed by atoms with van der Waals surface area (Å²) in [6.45, 7) is 2.88. The van der Waals surface area contributed by atoms with Crippen molar-refractivity contribution in [2.24, 2.45) is 5.16 Å². The molecule has 33 heavy (non-hydrogen) atoms. The Bertz CT molecular complexity index is 1180. The summed E-state index contributed by atoms with van der Waals surface area (Å²) in [4.78, 5) is 12.8. The highest BCUT2D eigenvalue weighted by molar-refractivity contribution is 6.00. The van der Waals surface area contributed by atoms with Crippen LogP contribution < -0.4 is 0 Å². The number of aromatic nitrogens is 2. The van der Waals surface area contributed by atoms with Crippen LogP contribution in [0.4, 0.5) is 4.39 Å². The lowest BCUT2D eigenvalue weighted by molar-refractivity contribution is -0.105. The molecule has 0 saturated carbocycles. The number of benzene rings is 1. The predicted molar refractivity (Wildman–Crippen MR) is 123 cm³/mol. The topological polar surface area (TPSA) is 51.9 Å². The number of nitrogens with zero attached hydrogens (tertiary/aromatic N) is 4. The molecule has 172 valence electrons. The maximum Gasteiger partial charge on any atom is 0.237 e. The van der Waals surface area contributed by atoms with E-state index in [1.165, 1.54) is 17.2 Å². The highest BCUT2D eigenvalue weighted by Crippen LogP contribution is 2.49. The number of piperidine rings is 1. The molecule has 2 aliphatic carbocycles. The van der Waals surface area contributed by atoms with Crippen molar-refractivity contribution in [3.63, 3.8) is 0 Å². The second-order valence-electron chi connectivity index (χ2n) is 9.49. The molecule has 1 fully saturated rings. The first-order valence-electron chi connectivity index (χ1n) is 11.9. The third-order valence-corrected chi connectivity index (χ3v) is 7.58. The second-order valence-corrected chi connectivity index (χ2v) is 9.49. The standard InChI is InChI=1S/C26H29FN4O2/c1-17-15-30(16-28-17)23-9-8-18(14-24(23)32-2)13-19-5-4-12-31-25(19)29-33-26(31)11-10-20-21(26)6-3-7-22(20)27/h3,6-7,13-16,23-24H,4-5,8-12H2,1-2H3/b19-13+. The van der Waals surface area contributed by atoms with Crippen molar-refractivity contribution < 1.29 is 14.0 Å². The summed E-state index contributed by atoms with van der Waals surface area (Å²) in [6.07, 6.45) is 13.8. The Morgan fingerprint density at radius 2 is 2.18 bits per heavy atom. The van der Waals surface area contributed by atoms with Gasteiger partial charge in [-0.2, -0.15) is 0 Å². The Hall–Kier alpha value is -2.93. The van der Waals surface area contributed by atoms with E-state index in [0.717, 1.165) is 61.3 Å². The minimum Gasteiger partial charge on any atom is -0.375 e. The molecule has 2 aliphatic heterocycles. The lowest BCUT2D eigenvalue weighted by atomic mass is 9.89. The molecule has 1 saturated heterocycles. The largest absolute Gasteiger partial charge is 0.375 e. The van der Waals surface area contributed by atoms with Crippen LogP contribution in [0.5, 0.6) is 0 Å². The summed E-state index contributed by atoms with van der Waals surface area (Å²) < 4.78 is 22.4. The minimum absolute atomic E-state index is 0.00307. The van der Waals surface area contributed by atoms with E-state index >= 15 is 0 Å². The number of aryl methyl sites for hydroxylation is 1. The van der Waals surface area contributed by atoms with Crippen molar-refractivity contribution in [1.29, 1.82) is 0 Å². The van der Waals surface area contributed by atoms with Crippen LogP contribution >= 0.6 is 0 Å². The number of ether oxygens (including phenoxy) is 1. The van der Waals surface area contributed by atoms with Crippen molar-refractivity contribution in [2.45, 2.75) is 63.3 Å². The fraction of sp³-hybridized carbons (Fsp3) is 0.462. The van der Waals surface area contributed by atoms with Gasteiger partial charge in [-0.05, 0) is 61.8 Å². The average molecular weight is 449 g/mol. The lowest BCUT2D eigenvalue weighted by Gasteiger charge is -2.38. The first-order valence-corrected chi connectivity index (χ1v) is 11.9. The van der Waals surface area contributed by atoms with Crippen LogP contribution in [-0.4, -0.2) is 40.0 Å². The predicted octanol–water partition coefficient (Wildman–Crippen LogP) is 4.77. The smallest absolute Gasteiger partial charge is 0.237 e. The van der Waals surface area contributed by atoms with Crippen LogP contribution in [0.3, 0.4) is 0 Å². The molecule has 7 heteroatoms. The molecule has 0 N–H and O–H groups in total. The molecule has 1 spiro atoms. The number of amidine groups is 1. The average Bonchev–Trinajstić information content (AvgIpc) is 3.54. The Balaban J connectivity index is 1.28. The molecular weight excluding hydrogens is 419 g/mol. The van der Waals surface area contributed by atoms with Gasteiger partial charge in [0.15, 0.2) is 5.84 Å². The number of oxime groups is 1. The van der Waals surface area contributed by atoms with E-state index in [1.807, 2.05) is 19.3 Å². The quantitative estimate of drug-likeness (QED) is 0.679. The van der Waals surface area contributed by atoms with Gasteiger partial charge in [0.1, 0.15) is 5.82 Å². The zero-order valence-electron chi connectivity index (χ0n) is 19.1. The second kappa shape index (κ2) is 7.83. The summed E-state index contributed by atoms with van der Waals surface area (Å²) in [6, 6.07) is 5.56. The molecule has 3 heterocycles. The summed E-state index contributed by atoms with van der Waals surface area (Å²) in [5.41, 5.74) is 4.52. The summed E-state index contributed by atoms with van der Waals surface area (Å²) in [5.74, 6) is 0.760. The number of allylic oxidation sites excluding steroid dienone is 2. The van der Waals surface area contributed by atoms with E-state index < -0.39 is 5.72 Å². The van der Waals surface area contributed by atoms with Gasteiger partial charge in [0, 0.05) is 31.8 Å². The maximum atomic E-state index is 14.4. The van der Waals surface area contributed by atoms with Gasteiger partial charge in [0.25, 0.3) is 0 Å². The zero-order chi connectivity index (χ0) is 22.6. The van der Waals surface area contributed by atoms with E-state index in [9.17, 15) is 4.39 Å². The zero-order valence-corrected chi connectivity index (χ0v) is 19.1. The third-order valence-electron chi connectivity index (χ3n) is 7.58. The minimum atomic E-state index is -0.660. The molecule has 0 bridgehead atoms. The molecule has 4 aliphatic rings. The van der Waals surface area contributed by atoms with Gasteiger partial charge in [0.05, 0.1) is 24.2 Å². The Morgan fingerprint density at radius 1 is 1.27 bits per heavy atom. The van der Waals surface area contributed by atoms with Gasteiger partial charge < -0.3 is 19.0 Å². The molecule has 0 radical (unpaired) electrons. The van der Waals surface area contributed by atoms with Gasteiger partial charge >= 0.3 is 0 Å². The summed E-state index contributed by atoms with van der Waals surface area (Å²) in [7, 11) is 1.77. The van der Waals surface area contributed by atoms with E-state index in [1.54, 1.807) is 13.2 Å². The lowest BCUT2D eigenvalue weighted by Crippen LogP contribution is -2.47. The first kappa shape index (κ1) is 20.7. The van der Waals surface area contributed by atoms with Gasteiger partial charge in [-0.25, -0.2) is 9.37 Å². The molecule has 6 nitrogen and oxygen atoms in total. The van der Waals surface area contributed by atoms with Gasteiger partial charge in [-0.3, -0.25) is 0 Å². The van der Waals surface area contributed by atoms with E-state index in [-0.39, 0.29) is 18.0 Å². The van der Waals surface area contributed by atoms with Crippen molar-refractivity contribution in [2.75, 3.05) is 13.7 Å². The Kier molecular flexibility index (Phi) is 4.91. The number of rotatable bonds is 3. The summed E-state index contributed by atoms with van der Waals surface area (Å²) in [5, 5.41) is 4.55. The first-order chi connectivity index (χ1) is 16.1. The van der Waals surface area contributed by atoms with Crippen LogP contribution in [-0.2, 0) is 21.7 Å². The van der Waals surface area contributed by atoms with Crippen LogP contribution in [0, 0.1) is 12.7 Å². The number of hydrogen-bond donors (Lipinski definition) is 0. The van der Waals surface area contributed by atoms with Gasteiger partial charge in [-0.1, -0.05) is 29.4 Å². The molecule has 1 aromatic carbocycles. The molecule has 6 rings (SSSR count). The molecule has 3 atom stereocenters. The summed E-state index contributed by atoms with van der Waals surface area (Å²) >= 11 is 0.